The minimum absolute atomic E-state index is 0.0510. The zero-order valence-electron chi connectivity index (χ0n) is 19.7. The SMILES string of the molecule is [C-]#[N+]c1cccc(C(=O)Cc2cc(F)cc(CN3CCN(C(=O)[C@H]4CCCO4)[C@@H](C)C3)c2C)c1. The average molecular weight is 464 g/mol. The molecule has 2 aliphatic heterocycles. The van der Waals surface area contributed by atoms with Crippen molar-refractivity contribution >= 4 is 17.4 Å². The second-order valence-electron chi connectivity index (χ2n) is 9.23. The maximum Gasteiger partial charge on any atom is 0.252 e. The summed E-state index contributed by atoms with van der Waals surface area (Å²) in [6.45, 7) is 14.3. The number of rotatable bonds is 6. The minimum Gasteiger partial charge on any atom is -0.368 e. The van der Waals surface area contributed by atoms with Crippen molar-refractivity contribution in [1.29, 1.82) is 0 Å². The molecule has 0 bridgehead atoms. The Kier molecular flexibility index (Phi) is 7.40. The molecule has 2 atom stereocenters. The van der Waals surface area contributed by atoms with Crippen LogP contribution in [0.4, 0.5) is 10.1 Å². The van der Waals surface area contributed by atoms with Gasteiger partial charge in [-0.15, -0.1) is 0 Å². The number of hydrogen-bond donors (Lipinski definition) is 0. The number of ketones is 1. The van der Waals surface area contributed by atoms with Crippen molar-refractivity contribution in [3.05, 3.63) is 75.9 Å². The van der Waals surface area contributed by atoms with Gasteiger partial charge in [-0.05, 0) is 61.6 Å². The van der Waals surface area contributed by atoms with Crippen molar-refractivity contribution in [2.75, 3.05) is 26.2 Å². The Morgan fingerprint density at radius 2 is 2.00 bits per heavy atom. The Labute approximate surface area is 200 Å². The van der Waals surface area contributed by atoms with Crippen LogP contribution in [0.3, 0.4) is 0 Å². The second-order valence-corrected chi connectivity index (χ2v) is 9.23. The molecule has 0 N–H and O–H groups in total. The van der Waals surface area contributed by atoms with Gasteiger partial charge in [-0.3, -0.25) is 14.5 Å². The third-order valence-electron chi connectivity index (χ3n) is 6.83. The zero-order valence-corrected chi connectivity index (χ0v) is 19.7. The first kappa shape index (κ1) is 24.1. The van der Waals surface area contributed by atoms with Crippen molar-refractivity contribution in [1.82, 2.24) is 9.80 Å². The molecule has 7 heteroatoms. The number of nitrogens with zero attached hydrogens (tertiary/aromatic N) is 3. The summed E-state index contributed by atoms with van der Waals surface area (Å²) in [4.78, 5) is 33.1. The lowest BCUT2D eigenvalue weighted by Crippen LogP contribution is -2.55. The highest BCUT2D eigenvalue weighted by molar-refractivity contribution is 5.98. The topological polar surface area (TPSA) is 54.2 Å². The normalized spacial score (nSPS) is 20.8. The first-order chi connectivity index (χ1) is 16.4. The van der Waals surface area contributed by atoms with E-state index in [1.165, 1.54) is 12.1 Å². The third kappa shape index (κ3) is 5.35. The van der Waals surface area contributed by atoms with E-state index in [1.54, 1.807) is 24.3 Å². The van der Waals surface area contributed by atoms with Gasteiger partial charge >= 0.3 is 0 Å². The number of piperazine rings is 1. The predicted molar refractivity (Wildman–Crippen MR) is 127 cm³/mol. The molecule has 0 radical (unpaired) electrons. The van der Waals surface area contributed by atoms with Crippen molar-refractivity contribution in [2.24, 2.45) is 0 Å². The van der Waals surface area contributed by atoms with Crippen LogP contribution in [0.2, 0.25) is 0 Å². The monoisotopic (exact) mass is 463 g/mol. The molecular formula is C27H30FN3O3. The molecule has 2 saturated heterocycles. The van der Waals surface area contributed by atoms with E-state index < -0.39 is 0 Å². The van der Waals surface area contributed by atoms with Gasteiger partial charge in [0.25, 0.3) is 5.91 Å². The summed E-state index contributed by atoms with van der Waals surface area (Å²) in [5.74, 6) is -0.423. The van der Waals surface area contributed by atoms with E-state index in [2.05, 4.69) is 9.74 Å². The maximum absolute atomic E-state index is 14.5. The number of Topliss-reactive ketones (excluding diaryl/α,β-unsaturated/α-hetero) is 1. The van der Waals surface area contributed by atoms with E-state index in [-0.39, 0.29) is 36.1 Å². The zero-order chi connectivity index (χ0) is 24.2. The molecule has 2 fully saturated rings. The van der Waals surface area contributed by atoms with Crippen LogP contribution < -0.4 is 0 Å². The second kappa shape index (κ2) is 10.5. The van der Waals surface area contributed by atoms with Crippen LogP contribution in [0.5, 0.6) is 0 Å². The Balaban J connectivity index is 1.43. The predicted octanol–water partition coefficient (Wildman–Crippen LogP) is 4.32. The largest absolute Gasteiger partial charge is 0.368 e. The fourth-order valence-electron chi connectivity index (χ4n) is 4.87. The molecule has 4 rings (SSSR count). The molecule has 34 heavy (non-hydrogen) atoms. The van der Waals surface area contributed by atoms with Crippen LogP contribution in [0.25, 0.3) is 4.85 Å². The molecular weight excluding hydrogens is 433 g/mol. The Morgan fingerprint density at radius 3 is 2.71 bits per heavy atom. The van der Waals surface area contributed by atoms with Crippen LogP contribution >= 0.6 is 0 Å². The standard InChI is InChI=1S/C27H30FN3O3/c1-18-16-30(9-10-31(18)27(33)26-8-5-11-34-26)17-22-13-23(28)12-21(19(22)2)15-25(32)20-6-4-7-24(14-20)29-3/h4,6-7,12-14,18,26H,5,8-11,15-17H2,1-2H3/t18-,26+/m0/s1. The van der Waals surface area contributed by atoms with Crippen molar-refractivity contribution in [2.45, 2.75) is 51.8 Å². The van der Waals surface area contributed by atoms with E-state index in [0.29, 0.717) is 49.6 Å². The summed E-state index contributed by atoms with van der Waals surface area (Å²) in [5, 5.41) is 0. The van der Waals surface area contributed by atoms with E-state index in [1.807, 2.05) is 18.7 Å². The first-order valence-electron chi connectivity index (χ1n) is 11.8. The van der Waals surface area contributed by atoms with Crippen LogP contribution in [-0.4, -0.2) is 59.9 Å². The van der Waals surface area contributed by atoms with Crippen LogP contribution in [-0.2, 0) is 22.5 Å². The van der Waals surface area contributed by atoms with Gasteiger partial charge in [0, 0.05) is 50.8 Å². The molecule has 0 aromatic heterocycles. The van der Waals surface area contributed by atoms with Gasteiger partial charge in [-0.25, -0.2) is 9.24 Å². The van der Waals surface area contributed by atoms with Gasteiger partial charge in [-0.2, -0.15) is 0 Å². The Morgan fingerprint density at radius 1 is 1.21 bits per heavy atom. The molecule has 178 valence electrons. The minimum atomic E-state index is -0.362. The fraction of sp³-hybridized carbons (Fsp3) is 0.444. The lowest BCUT2D eigenvalue weighted by Gasteiger charge is -2.41. The van der Waals surface area contributed by atoms with Crippen LogP contribution in [0.1, 0.15) is 46.8 Å². The summed E-state index contributed by atoms with van der Waals surface area (Å²) >= 11 is 0. The number of hydrogen-bond acceptors (Lipinski definition) is 4. The number of amides is 1. The maximum atomic E-state index is 14.5. The van der Waals surface area contributed by atoms with Gasteiger partial charge in [-0.1, -0.05) is 18.2 Å². The van der Waals surface area contributed by atoms with E-state index in [0.717, 1.165) is 24.0 Å². The molecule has 0 spiro atoms. The van der Waals surface area contributed by atoms with Gasteiger partial charge in [0.15, 0.2) is 11.5 Å². The molecule has 2 aliphatic rings. The number of carbonyl (C=O) groups excluding carboxylic acids is 2. The summed E-state index contributed by atoms with van der Waals surface area (Å²) in [6.07, 6.45) is 1.49. The van der Waals surface area contributed by atoms with Gasteiger partial charge < -0.3 is 9.64 Å². The lowest BCUT2D eigenvalue weighted by atomic mass is 9.95. The summed E-state index contributed by atoms with van der Waals surface area (Å²) in [5.41, 5.74) is 3.28. The molecule has 0 saturated carbocycles. The van der Waals surface area contributed by atoms with Gasteiger partial charge in [0.1, 0.15) is 11.9 Å². The van der Waals surface area contributed by atoms with Crippen molar-refractivity contribution in [3.63, 3.8) is 0 Å². The van der Waals surface area contributed by atoms with Crippen molar-refractivity contribution < 1.29 is 18.7 Å². The number of halogens is 1. The lowest BCUT2D eigenvalue weighted by molar-refractivity contribution is -0.145. The Hall–Kier alpha value is -3.08. The summed E-state index contributed by atoms with van der Waals surface area (Å²) in [6, 6.07) is 9.62. The highest BCUT2D eigenvalue weighted by Gasteiger charge is 2.34. The molecule has 2 aromatic carbocycles. The molecule has 1 amide bonds. The number of ether oxygens (including phenoxy) is 1. The fourth-order valence-corrected chi connectivity index (χ4v) is 4.87. The average Bonchev–Trinajstić information content (AvgIpc) is 3.37. The van der Waals surface area contributed by atoms with Crippen molar-refractivity contribution in [3.8, 4) is 0 Å². The van der Waals surface area contributed by atoms with E-state index in [9.17, 15) is 14.0 Å². The molecule has 0 aliphatic carbocycles. The highest BCUT2D eigenvalue weighted by Crippen LogP contribution is 2.24. The molecule has 6 nitrogen and oxygen atoms in total. The first-order valence-corrected chi connectivity index (χ1v) is 11.8. The molecule has 0 unspecified atom stereocenters. The third-order valence-corrected chi connectivity index (χ3v) is 6.83. The number of carbonyl (C=O) groups is 2. The smallest absolute Gasteiger partial charge is 0.252 e. The quantitative estimate of drug-likeness (QED) is 0.473. The van der Waals surface area contributed by atoms with Gasteiger partial charge in [0.2, 0.25) is 0 Å². The summed E-state index contributed by atoms with van der Waals surface area (Å²) < 4.78 is 20.1. The van der Waals surface area contributed by atoms with E-state index >= 15 is 0 Å². The van der Waals surface area contributed by atoms with Gasteiger partial charge in [0.05, 0.1) is 6.57 Å². The Bertz CT molecular complexity index is 1120. The highest BCUT2D eigenvalue weighted by atomic mass is 19.1. The van der Waals surface area contributed by atoms with Crippen LogP contribution in [0, 0.1) is 19.3 Å². The summed E-state index contributed by atoms with van der Waals surface area (Å²) in [7, 11) is 0. The number of benzene rings is 2. The van der Waals surface area contributed by atoms with Crippen LogP contribution in [0.15, 0.2) is 36.4 Å². The van der Waals surface area contributed by atoms with E-state index in [4.69, 9.17) is 11.3 Å². The molecule has 2 heterocycles. The molecule has 2 aromatic rings.